The molecule has 0 aliphatic carbocycles. The van der Waals surface area contributed by atoms with Gasteiger partial charge in [0.15, 0.2) is 0 Å². The summed E-state index contributed by atoms with van der Waals surface area (Å²) in [5.74, 6) is -1.44. The van der Waals surface area contributed by atoms with Crippen molar-refractivity contribution >= 4 is 63.4 Å². The van der Waals surface area contributed by atoms with Crippen LogP contribution < -0.4 is 10.6 Å². The van der Waals surface area contributed by atoms with E-state index in [1.54, 1.807) is 32.0 Å². The zero-order valence-corrected chi connectivity index (χ0v) is 17.7. The summed E-state index contributed by atoms with van der Waals surface area (Å²) in [6, 6.07) is 4.90. The van der Waals surface area contributed by atoms with Crippen molar-refractivity contribution in [2.75, 3.05) is 19.0 Å². The number of hydrogen-bond donors (Lipinski definition) is 2. The van der Waals surface area contributed by atoms with Gasteiger partial charge in [-0.15, -0.1) is 11.3 Å². The van der Waals surface area contributed by atoms with E-state index in [1.165, 1.54) is 19.2 Å². The van der Waals surface area contributed by atoms with E-state index < -0.39 is 11.9 Å². The predicted molar refractivity (Wildman–Crippen MR) is 113 cm³/mol. The summed E-state index contributed by atoms with van der Waals surface area (Å²) in [4.78, 5) is 37.0. The molecule has 0 bridgehead atoms. The minimum atomic E-state index is -0.605. The molecular weight excluding hydrogens is 423 g/mol. The van der Waals surface area contributed by atoms with Gasteiger partial charge in [0, 0.05) is 23.2 Å². The molecule has 1 heterocycles. The number of hydrogen-bond acceptors (Lipinski definition) is 5. The summed E-state index contributed by atoms with van der Waals surface area (Å²) in [5, 5.41) is 6.28. The largest absolute Gasteiger partial charge is 0.462 e. The predicted octanol–water partition coefficient (Wildman–Crippen LogP) is 4.55. The molecule has 0 spiro atoms. The van der Waals surface area contributed by atoms with Gasteiger partial charge < -0.3 is 15.4 Å². The maximum Gasteiger partial charge on any atom is 0.341 e. The molecule has 1 aromatic heterocycles. The first kappa shape index (κ1) is 21.9. The van der Waals surface area contributed by atoms with E-state index in [0.717, 1.165) is 11.3 Å². The standard InChI is InChI=1S/C19H18Cl2N2O4S/c1-4-27-19(26)15-10(2)16(17(25)22-3)28-18(15)23-14(24)8-6-11-5-7-12(20)9-13(11)21/h5-9H,4H2,1-3H3,(H,22,25)(H,23,24)/b8-6+. The normalized spacial score (nSPS) is 10.8. The van der Waals surface area contributed by atoms with Gasteiger partial charge in [-0.05, 0) is 43.2 Å². The lowest BCUT2D eigenvalue weighted by atomic mass is 10.1. The molecule has 0 aliphatic heterocycles. The first-order chi connectivity index (χ1) is 13.3. The average Bonchev–Trinajstić information content (AvgIpc) is 2.96. The number of ether oxygens (including phenoxy) is 1. The molecule has 0 saturated carbocycles. The molecular formula is C19H18Cl2N2O4S. The van der Waals surface area contributed by atoms with Crippen LogP contribution in [-0.2, 0) is 9.53 Å². The second-order valence-electron chi connectivity index (χ2n) is 5.55. The molecule has 1 aromatic carbocycles. The molecule has 0 unspecified atom stereocenters. The number of rotatable bonds is 6. The highest BCUT2D eigenvalue weighted by atomic mass is 35.5. The molecule has 148 valence electrons. The fourth-order valence-corrected chi connectivity index (χ4v) is 3.95. The highest BCUT2D eigenvalue weighted by Crippen LogP contribution is 2.34. The van der Waals surface area contributed by atoms with Crippen molar-refractivity contribution in [3.05, 3.63) is 55.9 Å². The first-order valence-electron chi connectivity index (χ1n) is 8.25. The van der Waals surface area contributed by atoms with Crippen molar-refractivity contribution in [2.45, 2.75) is 13.8 Å². The van der Waals surface area contributed by atoms with Crippen LogP contribution in [0.15, 0.2) is 24.3 Å². The number of amides is 2. The van der Waals surface area contributed by atoms with E-state index in [4.69, 9.17) is 27.9 Å². The molecule has 9 heteroatoms. The third-order valence-corrected chi connectivity index (χ3v) is 5.44. The first-order valence-corrected chi connectivity index (χ1v) is 9.82. The van der Waals surface area contributed by atoms with Crippen LogP contribution >= 0.6 is 34.5 Å². The van der Waals surface area contributed by atoms with Crippen molar-refractivity contribution in [3.63, 3.8) is 0 Å². The molecule has 6 nitrogen and oxygen atoms in total. The van der Waals surface area contributed by atoms with Gasteiger partial charge in [-0.2, -0.15) is 0 Å². The van der Waals surface area contributed by atoms with E-state index in [1.807, 2.05) is 0 Å². The Morgan fingerprint density at radius 3 is 2.57 bits per heavy atom. The topological polar surface area (TPSA) is 84.5 Å². The number of carbonyl (C=O) groups is 3. The van der Waals surface area contributed by atoms with Crippen molar-refractivity contribution in [1.29, 1.82) is 0 Å². The molecule has 0 radical (unpaired) electrons. The third-order valence-electron chi connectivity index (χ3n) is 3.67. The Kier molecular flexibility index (Phi) is 7.62. The van der Waals surface area contributed by atoms with Crippen LogP contribution in [-0.4, -0.2) is 31.4 Å². The number of carbonyl (C=O) groups excluding carboxylic acids is 3. The lowest BCUT2D eigenvalue weighted by Gasteiger charge is -2.05. The summed E-state index contributed by atoms with van der Waals surface area (Å²) >= 11 is 12.9. The molecule has 2 amide bonds. The van der Waals surface area contributed by atoms with Gasteiger partial charge >= 0.3 is 5.97 Å². The lowest BCUT2D eigenvalue weighted by molar-refractivity contribution is -0.111. The SMILES string of the molecule is CCOC(=O)c1c(NC(=O)/C=C/c2ccc(Cl)cc2Cl)sc(C(=O)NC)c1C. The van der Waals surface area contributed by atoms with E-state index in [-0.39, 0.29) is 23.1 Å². The number of thiophene rings is 1. The summed E-state index contributed by atoms with van der Waals surface area (Å²) in [6.45, 7) is 3.48. The fourth-order valence-electron chi connectivity index (χ4n) is 2.34. The zero-order valence-electron chi connectivity index (χ0n) is 15.4. The molecule has 0 atom stereocenters. The number of halogens is 2. The smallest absolute Gasteiger partial charge is 0.341 e. The lowest BCUT2D eigenvalue weighted by Crippen LogP contribution is -2.17. The highest BCUT2D eigenvalue weighted by molar-refractivity contribution is 7.18. The Balaban J connectivity index is 2.30. The third kappa shape index (κ3) is 5.13. The van der Waals surface area contributed by atoms with Crippen molar-refractivity contribution in [1.82, 2.24) is 5.32 Å². The highest BCUT2D eigenvalue weighted by Gasteiger charge is 2.25. The fraction of sp³-hybridized carbons (Fsp3) is 0.211. The van der Waals surface area contributed by atoms with Gasteiger partial charge in [-0.1, -0.05) is 29.3 Å². The van der Waals surface area contributed by atoms with Gasteiger partial charge in [0.05, 0.1) is 17.0 Å². The molecule has 0 saturated heterocycles. The van der Waals surface area contributed by atoms with Crippen molar-refractivity contribution in [2.24, 2.45) is 0 Å². The van der Waals surface area contributed by atoms with Gasteiger partial charge in [0.1, 0.15) is 5.00 Å². The zero-order chi connectivity index (χ0) is 20.8. The molecule has 2 aromatic rings. The summed E-state index contributed by atoms with van der Waals surface area (Å²) in [7, 11) is 1.49. The van der Waals surface area contributed by atoms with Crippen LogP contribution in [0.25, 0.3) is 6.08 Å². The van der Waals surface area contributed by atoms with Crippen LogP contribution in [0.4, 0.5) is 5.00 Å². The molecule has 2 N–H and O–H groups in total. The summed E-state index contributed by atoms with van der Waals surface area (Å²) < 4.78 is 5.05. The van der Waals surface area contributed by atoms with E-state index in [0.29, 0.717) is 26.0 Å². The number of nitrogens with one attached hydrogen (secondary N) is 2. The van der Waals surface area contributed by atoms with Gasteiger partial charge in [-0.3, -0.25) is 9.59 Å². The van der Waals surface area contributed by atoms with E-state index in [9.17, 15) is 14.4 Å². The van der Waals surface area contributed by atoms with E-state index >= 15 is 0 Å². The van der Waals surface area contributed by atoms with Crippen LogP contribution in [0.1, 0.15) is 38.1 Å². The maximum atomic E-state index is 12.3. The van der Waals surface area contributed by atoms with E-state index in [2.05, 4.69) is 10.6 Å². The van der Waals surface area contributed by atoms with Crippen LogP contribution in [0.2, 0.25) is 10.0 Å². The van der Waals surface area contributed by atoms with Crippen LogP contribution in [0, 0.1) is 6.92 Å². The Morgan fingerprint density at radius 2 is 1.96 bits per heavy atom. The Hall–Kier alpha value is -2.35. The molecule has 0 fully saturated rings. The average molecular weight is 441 g/mol. The Bertz CT molecular complexity index is 954. The minimum Gasteiger partial charge on any atom is -0.462 e. The number of anilines is 1. The number of benzene rings is 1. The Morgan fingerprint density at radius 1 is 1.25 bits per heavy atom. The summed E-state index contributed by atoms with van der Waals surface area (Å²) in [5.41, 5.74) is 1.22. The molecule has 28 heavy (non-hydrogen) atoms. The van der Waals surface area contributed by atoms with Crippen LogP contribution in [0.3, 0.4) is 0 Å². The monoisotopic (exact) mass is 440 g/mol. The quantitative estimate of drug-likeness (QED) is 0.509. The second kappa shape index (κ2) is 9.73. The van der Waals surface area contributed by atoms with Gasteiger partial charge in [0.25, 0.3) is 5.91 Å². The minimum absolute atomic E-state index is 0.164. The van der Waals surface area contributed by atoms with Crippen LogP contribution in [0.5, 0.6) is 0 Å². The molecule has 0 aliphatic rings. The number of esters is 1. The molecule has 2 rings (SSSR count). The Labute approximate surface area is 176 Å². The van der Waals surface area contributed by atoms with Crippen molar-refractivity contribution < 1.29 is 19.1 Å². The second-order valence-corrected chi connectivity index (χ2v) is 7.41. The summed E-state index contributed by atoms with van der Waals surface area (Å²) in [6.07, 6.45) is 2.80. The maximum absolute atomic E-state index is 12.3. The van der Waals surface area contributed by atoms with Crippen molar-refractivity contribution in [3.8, 4) is 0 Å². The van der Waals surface area contributed by atoms with Gasteiger partial charge in [-0.25, -0.2) is 4.79 Å². The van der Waals surface area contributed by atoms with Gasteiger partial charge in [0.2, 0.25) is 5.91 Å².